The number of carbonyl (C=O) groups excluding carboxylic acids is 2. The second-order valence-electron chi connectivity index (χ2n) is 7.56. The number of amides is 1. The quantitative estimate of drug-likeness (QED) is 0.655. The largest absolute Gasteiger partial charge is 0.311 e. The lowest BCUT2D eigenvalue weighted by Gasteiger charge is -2.12. The first-order valence-corrected chi connectivity index (χ1v) is 9.75. The van der Waals surface area contributed by atoms with Gasteiger partial charge in [-0.2, -0.15) is 0 Å². The summed E-state index contributed by atoms with van der Waals surface area (Å²) in [5, 5.41) is 3.31. The molecule has 0 aliphatic heterocycles. The molecule has 2 atom stereocenters. The van der Waals surface area contributed by atoms with E-state index in [4.69, 9.17) is 0 Å². The van der Waals surface area contributed by atoms with Gasteiger partial charge in [-0.3, -0.25) is 19.4 Å². The van der Waals surface area contributed by atoms with Crippen molar-refractivity contribution < 1.29 is 14.0 Å². The number of aryl methyl sites for hydroxylation is 2. The Morgan fingerprint density at radius 3 is 2.57 bits per heavy atom. The van der Waals surface area contributed by atoms with E-state index >= 15 is 0 Å². The third kappa shape index (κ3) is 3.49. The zero-order chi connectivity index (χ0) is 21.6. The van der Waals surface area contributed by atoms with E-state index in [-0.39, 0.29) is 23.6 Å². The fraction of sp³-hybridized carbons (Fsp3) is 0.318. The zero-order valence-electron chi connectivity index (χ0n) is 16.9. The molecule has 1 aliphatic carbocycles. The van der Waals surface area contributed by atoms with Crippen LogP contribution in [0.2, 0.25) is 0 Å². The van der Waals surface area contributed by atoms with Crippen LogP contribution in [0.15, 0.2) is 35.4 Å². The summed E-state index contributed by atoms with van der Waals surface area (Å²) < 4.78 is 14.5. The molecule has 3 aromatic rings. The molecule has 0 saturated heterocycles. The predicted octanol–water partition coefficient (Wildman–Crippen LogP) is 3.19. The van der Waals surface area contributed by atoms with Gasteiger partial charge in [0.15, 0.2) is 5.78 Å². The van der Waals surface area contributed by atoms with Crippen molar-refractivity contribution in [3.63, 3.8) is 0 Å². The average Bonchev–Trinajstić information content (AvgIpc) is 3.47. The van der Waals surface area contributed by atoms with Gasteiger partial charge in [-0.05, 0) is 31.0 Å². The van der Waals surface area contributed by atoms with Gasteiger partial charge in [-0.25, -0.2) is 9.37 Å². The van der Waals surface area contributed by atoms with Gasteiger partial charge in [0, 0.05) is 48.4 Å². The minimum absolute atomic E-state index is 0.0554. The van der Waals surface area contributed by atoms with Gasteiger partial charge in [0.1, 0.15) is 17.7 Å². The van der Waals surface area contributed by atoms with Crippen molar-refractivity contribution in [3.8, 4) is 11.1 Å². The van der Waals surface area contributed by atoms with E-state index in [2.05, 4.69) is 15.3 Å². The number of alkyl halides is 1. The van der Waals surface area contributed by atoms with Gasteiger partial charge >= 0.3 is 0 Å². The Hall–Kier alpha value is -3.42. The van der Waals surface area contributed by atoms with Crippen molar-refractivity contribution in [1.82, 2.24) is 14.5 Å². The summed E-state index contributed by atoms with van der Waals surface area (Å²) in [6.07, 6.45) is 2.61. The van der Waals surface area contributed by atoms with Gasteiger partial charge in [0.2, 0.25) is 5.91 Å². The van der Waals surface area contributed by atoms with E-state index < -0.39 is 18.0 Å². The van der Waals surface area contributed by atoms with Crippen LogP contribution in [0.3, 0.4) is 0 Å². The highest BCUT2D eigenvalue weighted by Gasteiger charge is 2.43. The topological polar surface area (TPSA) is 94.0 Å². The molecule has 0 radical (unpaired) electrons. The van der Waals surface area contributed by atoms with Crippen LogP contribution in [0.5, 0.6) is 0 Å². The molecule has 1 aliphatic rings. The van der Waals surface area contributed by atoms with Crippen molar-refractivity contribution in [2.75, 3.05) is 5.32 Å². The summed E-state index contributed by atoms with van der Waals surface area (Å²) in [7, 11) is 1.63. The molecule has 2 unspecified atom stereocenters. The average molecular weight is 408 g/mol. The summed E-state index contributed by atoms with van der Waals surface area (Å²) in [5.74, 6) is -0.805. The van der Waals surface area contributed by atoms with Crippen molar-refractivity contribution in [2.24, 2.45) is 13.0 Å². The Morgan fingerprint density at radius 1 is 1.20 bits per heavy atom. The summed E-state index contributed by atoms with van der Waals surface area (Å²) >= 11 is 0. The number of rotatable bonds is 5. The number of fused-ring (bicyclic) bond motifs is 1. The number of pyridine rings is 3. The van der Waals surface area contributed by atoms with Gasteiger partial charge < -0.3 is 9.88 Å². The molecule has 7 nitrogen and oxygen atoms in total. The maximum atomic E-state index is 13.1. The molecule has 1 saturated carbocycles. The maximum absolute atomic E-state index is 13.1. The number of Topliss-reactive ketones (excluding diaryl/α,β-unsaturated/α-hetero) is 1. The van der Waals surface area contributed by atoms with Crippen LogP contribution >= 0.6 is 0 Å². The van der Waals surface area contributed by atoms with E-state index in [9.17, 15) is 18.8 Å². The molecular formula is C22H21FN4O3. The predicted molar refractivity (Wildman–Crippen MR) is 111 cm³/mol. The molecule has 30 heavy (non-hydrogen) atoms. The Bertz CT molecular complexity index is 1250. The number of nitrogens with zero attached hydrogens (tertiary/aromatic N) is 3. The summed E-state index contributed by atoms with van der Waals surface area (Å²) in [5.41, 5.74) is 2.60. The van der Waals surface area contributed by atoms with E-state index in [0.29, 0.717) is 34.1 Å². The standard InChI is InChI=1S/C22H21FN4O3/c1-4-19(28)17-5-11(2)15(10-24-17)13-6-12-9-25-20(8-18(12)27(3)22(13)30)26-21(29)14-7-16(14)23/h5-6,8-10,14,16H,4,7H2,1-3H3,(H,25,26,29). The lowest BCUT2D eigenvalue weighted by molar-refractivity contribution is -0.117. The smallest absolute Gasteiger partial charge is 0.258 e. The van der Waals surface area contributed by atoms with Crippen LogP contribution in [-0.2, 0) is 11.8 Å². The van der Waals surface area contributed by atoms with E-state index in [1.807, 2.05) is 6.92 Å². The van der Waals surface area contributed by atoms with Gasteiger partial charge in [-0.15, -0.1) is 0 Å². The Kier molecular flexibility index (Phi) is 4.93. The van der Waals surface area contributed by atoms with Crippen LogP contribution in [0.25, 0.3) is 22.0 Å². The first-order valence-electron chi connectivity index (χ1n) is 9.75. The van der Waals surface area contributed by atoms with E-state index in [0.717, 1.165) is 5.56 Å². The summed E-state index contributed by atoms with van der Waals surface area (Å²) in [6, 6.07) is 5.01. The normalized spacial score (nSPS) is 17.7. The number of hydrogen-bond acceptors (Lipinski definition) is 5. The maximum Gasteiger partial charge on any atom is 0.258 e. The highest BCUT2D eigenvalue weighted by Crippen LogP contribution is 2.34. The minimum Gasteiger partial charge on any atom is -0.311 e. The van der Waals surface area contributed by atoms with Crippen molar-refractivity contribution in [3.05, 3.63) is 52.2 Å². The van der Waals surface area contributed by atoms with Crippen LogP contribution in [0.1, 0.15) is 35.8 Å². The van der Waals surface area contributed by atoms with Gasteiger partial charge in [0.25, 0.3) is 5.56 Å². The van der Waals surface area contributed by atoms with Crippen molar-refractivity contribution in [2.45, 2.75) is 32.9 Å². The molecule has 0 spiro atoms. The van der Waals surface area contributed by atoms with Crippen molar-refractivity contribution >= 4 is 28.4 Å². The third-order valence-electron chi connectivity index (χ3n) is 5.42. The Morgan fingerprint density at radius 2 is 1.93 bits per heavy atom. The number of halogens is 1. The molecule has 0 aromatic carbocycles. The van der Waals surface area contributed by atoms with Crippen LogP contribution in [0, 0.1) is 12.8 Å². The Labute approximate surface area is 172 Å². The molecule has 8 heteroatoms. The Balaban J connectivity index is 1.73. The number of nitrogens with one attached hydrogen (secondary N) is 1. The highest BCUT2D eigenvalue weighted by atomic mass is 19.1. The molecule has 154 valence electrons. The number of anilines is 1. The molecule has 4 rings (SSSR count). The molecule has 3 aromatic heterocycles. The van der Waals surface area contributed by atoms with Crippen LogP contribution in [-0.4, -0.2) is 32.4 Å². The van der Waals surface area contributed by atoms with Crippen LogP contribution in [0.4, 0.5) is 10.2 Å². The molecule has 0 bridgehead atoms. The lowest BCUT2D eigenvalue weighted by atomic mass is 10.0. The second kappa shape index (κ2) is 7.44. The SMILES string of the molecule is CCC(=O)c1cc(C)c(-c2cc3cnc(NC(=O)C4CC4F)cc3n(C)c2=O)cn1. The van der Waals surface area contributed by atoms with Crippen molar-refractivity contribution in [1.29, 1.82) is 0 Å². The number of ketones is 1. The van der Waals surface area contributed by atoms with E-state index in [1.54, 1.807) is 44.6 Å². The van der Waals surface area contributed by atoms with Crippen LogP contribution < -0.4 is 10.9 Å². The zero-order valence-corrected chi connectivity index (χ0v) is 16.9. The molecule has 1 amide bonds. The second-order valence-corrected chi connectivity index (χ2v) is 7.56. The molecular weight excluding hydrogens is 387 g/mol. The molecule has 1 fully saturated rings. The molecule has 3 heterocycles. The fourth-order valence-electron chi connectivity index (χ4n) is 3.45. The lowest BCUT2D eigenvalue weighted by Crippen LogP contribution is -2.20. The number of aromatic nitrogens is 3. The monoisotopic (exact) mass is 408 g/mol. The summed E-state index contributed by atoms with van der Waals surface area (Å²) in [6.45, 7) is 3.61. The minimum atomic E-state index is -1.09. The molecule has 1 N–H and O–H groups in total. The number of carbonyl (C=O) groups is 2. The first kappa shape index (κ1) is 19.9. The highest BCUT2D eigenvalue weighted by molar-refractivity contribution is 5.96. The third-order valence-corrected chi connectivity index (χ3v) is 5.42. The first-order chi connectivity index (χ1) is 14.3. The number of hydrogen-bond donors (Lipinski definition) is 1. The summed E-state index contributed by atoms with van der Waals surface area (Å²) in [4.78, 5) is 45.3. The van der Waals surface area contributed by atoms with Gasteiger partial charge in [0.05, 0.1) is 11.4 Å². The van der Waals surface area contributed by atoms with Gasteiger partial charge in [-0.1, -0.05) is 6.92 Å². The van der Waals surface area contributed by atoms with E-state index in [1.165, 1.54) is 4.57 Å². The fourth-order valence-corrected chi connectivity index (χ4v) is 3.45.